The molecule has 0 aliphatic heterocycles. The first-order valence-electron chi connectivity index (χ1n) is 15.8. The Morgan fingerprint density at radius 2 is 1.21 bits per heavy atom. The molecule has 0 atom stereocenters. The quantitative estimate of drug-likeness (QED) is 0.143. The summed E-state index contributed by atoms with van der Waals surface area (Å²) in [6, 6.07) is 35.5. The molecule has 0 amide bonds. The van der Waals surface area contributed by atoms with Crippen molar-refractivity contribution >= 4 is 33.7 Å². The molecule has 6 rings (SSSR count). The van der Waals surface area contributed by atoms with Crippen LogP contribution in [0, 0.1) is 0 Å². The van der Waals surface area contributed by atoms with E-state index in [1.54, 1.807) is 13.0 Å². The molecule has 0 bridgehead atoms. The van der Waals surface area contributed by atoms with E-state index in [1.807, 2.05) is 115 Å². The van der Waals surface area contributed by atoms with E-state index in [4.69, 9.17) is 18.9 Å². The molecule has 2 heterocycles. The van der Waals surface area contributed by atoms with Gasteiger partial charge in [0.15, 0.2) is 0 Å². The van der Waals surface area contributed by atoms with Crippen molar-refractivity contribution in [2.24, 2.45) is 0 Å². The number of esters is 2. The molecular weight excluding hydrogens is 592 g/mol. The maximum atomic E-state index is 12.3. The lowest BCUT2D eigenvalue weighted by Gasteiger charge is -2.14. The minimum Gasteiger partial charge on any atom is -0.489 e. The van der Waals surface area contributed by atoms with Crippen LogP contribution in [-0.4, -0.2) is 34.7 Å². The van der Waals surface area contributed by atoms with E-state index in [1.165, 1.54) is 0 Å². The molecule has 1 N–H and O–H groups in total. The Morgan fingerprint density at radius 3 is 1.79 bits per heavy atom. The first-order chi connectivity index (χ1) is 22.9. The van der Waals surface area contributed by atoms with Crippen molar-refractivity contribution in [1.82, 2.24) is 9.55 Å². The van der Waals surface area contributed by atoms with Gasteiger partial charge in [-0.05, 0) is 87.4 Å². The van der Waals surface area contributed by atoms with Gasteiger partial charge in [0.2, 0.25) is 0 Å². The summed E-state index contributed by atoms with van der Waals surface area (Å²) < 4.78 is 23.9. The number of benzene rings is 4. The van der Waals surface area contributed by atoms with Crippen molar-refractivity contribution < 1.29 is 28.5 Å². The Labute approximate surface area is 274 Å². The molecule has 8 nitrogen and oxygen atoms in total. The van der Waals surface area contributed by atoms with Gasteiger partial charge in [0.25, 0.3) is 0 Å². The molecule has 6 aromatic rings. The van der Waals surface area contributed by atoms with Gasteiger partial charge >= 0.3 is 11.9 Å². The summed E-state index contributed by atoms with van der Waals surface area (Å²) >= 11 is 0. The number of hydrogen-bond donors (Lipinski definition) is 1. The summed E-state index contributed by atoms with van der Waals surface area (Å²) in [6.07, 6.45) is 0. The molecular formula is C39H40N2O6. The highest BCUT2D eigenvalue weighted by atomic mass is 16.5. The molecule has 0 aliphatic rings. The van der Waals surface area contributed by atoms with Crippen molar-refractivity contribution in [3.8, 4) is 11.5 Å². The Kier molecular flexibility index (Phi) is 11.0. The zero-order valence-corrected chi connectivity index (χ0v) is 27.2. The van der Waals surface area contributed by atoms with E-state index in [0.29, 0.717) is 37.8 Å². The Bertz CT molecular complexity index is 1930. The lowest BCUT2D eigenvalue weighted by molar-refractivity contribution is 0.0506. The van der Waals surface area contributed by atoms with Gasteiger partial charge in [0.05, 0.1) is 13.2 Å². The second-order valence-corrected chi connectivity index (χ2v) is 11.1. The minimum absolute atomic E-state index is 0.160. The molecule has 0 unspecified atom stereocenters. The first-order valence-corrected chi connectivity index (χ1v) is 15.8. The monoisotopic (exact) mass is 632 g/mol. The summed E-state index contributed by atoms with van der Waals surface area (Å²) in [5.74, 6) is 0.919. The van der Waals surface area contributed by atoms with Gasteiger partial charge < -0.3 is 28.5 Å². The van der Waals surface area contributed by atoms with Crippen LogP contribution in [0.3, 0.4) is 0 Å². The highest BCUT2D eigenvalue weighted by Crippen LogP contribution is 2.29. The van der Waals surface area contributed by atoms with Crippen molar-refractivity contribution in [1.29, 1.82) is 0 Å². The van der Waals surface area contributed by atoms with E-state index in [2.05, 4.69) is 18.8 Å². The molecule has 2 aromatic heterocycles. The van der Waals surface area contributed by atoms with Crippen molar-refractivity contribution in [3.63, 3.8) is 0 Å². The summed E-state index contributed by atoms with van der Waals surface area (Å²) in [4.78, 5) is 27.0. The molecule has 0 saturated carbocycles. The third kappa shape index (κ3) is 8.41. The van der Waals surface area contributed by atoms with Crippen LogP contribution >= 0.6 is 0 Å². The van der Waals surface area contributed by atoms with Crippen LogP contribution in [0.15, 0.2) is 109 Å². The number of fused-ring (bicyclic) bond motifs is 2. The summed E-state index contributed by atoms with van der Waals surface area (Å²) in [5, 5.41) is 1.90. The Hall–Kier alpha value is -5.50. The second kappa shape index (κ2) is 15.7. The number of aromatic nitrogens is 2. The van der Waals surface area contributed by atoms with Gasteiger partial charge in [0.1, 0.15) is 36.1 Å². The fourth-order valence-electron chi connectivity index (χ4n) is 5.22. The largest absolute Gasteiger partial charge is 0.489 e. The fraction of sp³-hybridized carbons (Fsp3) is 0.231. The Morgan fingerprint density at radius 1 is 0.660 bits per heavy atom. The maximum Gasteiger partial charge on any atom is 0.354 e. The van der Waals surface area contributed by atoms with Crippen LogP contribution in [0.4, 0.5) is 0 Å². The highest BCUT2D eigenvalue weighted by molar-refractivity contribution is 5.96. The number of carbonyl (C=O) groups is 2. The number of carbonyl (C=O) groups excluding carboxylic acids is 2. The molecule has 242 valence electrons. The van der Waals surface area contributed by atoms with Crippen LogP contribution in [0.2, 0.25) is 0 Å². The van der Waals surface area contributed by atoms with E-state index in [9.17, 15) is 9.59 Å². The third-order valence-corrected chi connectivity index (χ3v) is 7.40. The molecule has 0 spiro atoms. The zero-order chi connectivity index (χ0) is 33.2. The SMILES string of the molecule is CCOC(=O)c1cc2cc(OCc3ccccc3)ccc2[nH]1.CCOC(=O)c1cc2cc(OCc3ccccc3)ccc2n1C(C)C. The van der Waals surface area contributed by atoms with Gasteiger partial charge in [-0.25, -0.2) is 9.59 Å². The van der Waals surface area contributed by atoms with Crippen LogP contribution in [0.5, 0.6) is 11.5 Å². The average Bonchev–Trinajstić information content (AvgIpc) is 3.70. The number of hydrogen-bond acceptors (Lipinski definition) is 6. The van der Waals surface area contributed by atoms with E-state index in [0.717, 1.165) is 44.4 Å². The number of ether oxygens (including phenoxy) is 4. The topological polar surface area (TPSA) is 91.8 Å². The molecule has 0 saturated heterocycles. The van der Waals surface area contributed by atoms with Crippen LogP contribution in [0.25, 0.3) is 21.8 Å². The van der Waals surface area contributed by atoms with E-state index in [-0.39, 0.29) is 18.0 Å². The van der Waals surface area contributed by atoms with Gasteiger partial charge in [0, 0.05) is 27.8 Å². The number of nitrogens with zero attached hydrogens (tertiary/aromatic N) is 1. The Balaban J connectivity index is 0.000000186. The van der Waals surface area contributed by atoms with E-state index < -0.39 is 0 Å². The number of nitrogens with one attached hydrogen (secondary N) is 1. The molecule has 8 heteroatoms. The van der Waals surface area contributed by atoms with Crippen molar-refractivity contribution in [3.05, 3.63) is 132 Å². The highest BCUT2D eigenvalue weighted by Gasteiger charge is 2.19. The number of aromatic amines is 1. The lowest BCUT2D eigenvalue weighted by atomic mass is 10.2. The predicted molar refractivity (Wildman–Crippen MR) is 184 cm³/mol. The van der Waals surface area contributed by atoms with Gasteiger partial charge in [-0.3, -0.25) is 0 Å². The minimum atomic E-state index is -0.342. The second-order valence-electron chi connectivity index (χ2n) is 11.1. The molecule has 47 heavy (non-hydrogen) atoms. The molecule has 4 aromatic carbocycles. The van der Waals surface area contributed by atoms with Crippen LogP contribution in [-0.2, 0) is 22.7 Å². The van der Waals surface area contributed by atoms with Gasteiger partial charge in [-0.15, -0.1) is 0 Å². The van der Waals surface area contributed by atoms with Gasteiger partial charge in [-0.1, -0.05) is 60.7 Å². The standard InChI is InChI=1S/C21H23NO3.C18H17NO3/c1-4-24-21(23)20-13-17-12-18(10-11-19(17)22(20)15(2)3)25-14-16-8-6-5-7-9-16;1-2-21-18(20)17-11-14-10-15(8-9-16(14)19-17)22-12-13-6-4-3-5-7-13/h5-13,15H,4,14H2,1-3H3;3-11,19H,2,12H2,1H3. The maximum absolute atomic E-state index is 12.3. The summed E-state index contributed by atoms with van der Waals surface area (Å²) in [6.45, 7) is 9.48. The number of rotatable bonds is 11. The number of H-pyrrole nitrogens is 1. The molecule has 0 aliphatic carbocycles. The van der Waals surface area contributed by atoms with Crippen LogP contribution < -0.4 is 9.47 Å². The summed E-state index contributed by atoms with van der Waals surface area (Å²) in [5.41, 5.74) is 5.16. The first kappa shape index (κ1) is 32.9. The smallest absolute Gasteiger partial charge is 0.354 e. The van der Waals surface area contributed by atoms with Crippen molar-refractivity contribution in [2.75, 3.05) is 13.2 Å². The summed E-state index contributed by atoms with van der Waals surface area (Å²) in [7, 11) is 0. The molecule has 0 radical (unpaired) electrons. The fourth-order valence-corrected chi connectivity index (χ4v) is 5.22. The van der Waals surface area contributed by atoms with Gasteiger partial charge in [-0.2, -0.15) is 0 Å². The third-order valence-electron chi connectivity index (χ3n) is 7.40. The average molecular weight is 633 g/mol. The lowest BCUT2D eigenvalue weighted by Crippen LogP contribution is -2.13. The normalized spacial score (nSPS) is 10.8. The molecule has 0 fully saturated rings. The predicted octanol–water partition coefficient (Wildman–Crippen LogP) is 8.90. The van der Waals surface area contributed by atoms with Crippen molar-refractivity contribution in [2.45, 2.75) is 47.0 Å². The van der Waals surface area contributed by atoms with E-state index >= 15 is 0 Å². The van der Waals surface area contributed by atoms with Crippen LogP contribution in [0.1, 0.15) is 65.8 Å². The zero-order valence-electron chi connectivity index (χ0n) is 27.2.